The Morgan fingerprint density at radius 2 is 1.78 bits per heavy atom. The van der Waals surface area contributed by atoms with E-state index in [0.717, 1.165) is 17.0 Å². The van der Waals surface area contributed by atoms with Crippen LogP contribution in [-0.2, 0) is 0 Å². The molecule has 0 aliphatic rings. The number of hydrogen-bond donors (Lipinski definition) is 0. The quantitative estimate of drug-likeness (QED) is 0.671. The summed E-state index contributed by atoms with van der Waals surface area (Å²) in [6.45, 7) is 0. The van der Waals surface area contributed by atoms with E-state index in [2.05, 4.69) is 15.2 Å². The molecule has 0 unspecified atom stereocenters. The molecule has 0 N–H and O–H groups in total. The highest BCUT2D eigenvalue weighted by molar-refractivity contribution is 6.34. The molecule has 0 spiro atoms. The minimum absolute atomic E-state index is 0.332. The summed E-state index contributed by atoms with van der Waals surface area (Å²) in [6.07, 6.45) is 2.70. The van der Waals surface area contributed by atoms with E-state index in [1.165, 1.54) is 6.07 Å². The van der Waals surface area contributed by atoms with Gasteiger partial charge in [0, 0.05) is 22.5 Å². The van der Waals surface area contributed by atoms with Crippen molar-refractivity contribution in [2.24, 2.45) is 0 Å². The van der Waals surface area contributed by atoms with E-state index in [0.29, 0.717) is 16.4 Å². The number of hydrogen-bond acceptors (Lipinski definition) is 3. The van der Waals surface area contributed by atoms with Crippen molar-refractivity contribution >= 4 is 22.4 Å². The SMILES string of the molecule is Fc1cncc(-c2nnc(Cl)c3ccccc23)c1. The lowest BCUT2D eigenvalue weighted by Crippen LogP contribution is -1.92. The van der Waals surface area contributed by atoms with E-state index in [9.17, 15) is 4.39 Å². The van der Waals surface area contributed by atoms with Crippen molar-refractivity contribution in [2.75, 3.05) is 0 Å². The Hall–Kier alpha value is -2.07. The van der Waals surface area contributed by atoms with Crippen LogP contribution in [0.4, 0.5) is 4.39 Å². The molecule has 3 nitrogen and oxygen atoms in total. The Kier molecular flexibility index (Phi) is 2.64. The fourth-order valence-corrected chi connectivity index (χ4v) is 2.03. The molecule has 88 valence electrons. The third kappa shape index (κ3) is 1.80. The number of benzene rings is 1. The molecule has 3 aromatic rings. The number of pyridine rings is 1. The second kappa shape index (κ2) is 4.31. The van der Waals surface area contributed by atoms with Crippen LogP contribution < -0.4 is 0 Å². The maximum Gasteiger partial charge on any atom is 0.159 e. The van der Waals surface area contributed by atoms with Gasteiger partial charge in [0.2, 0.25) is 0 Å². The maximum atomic E-state index is 13.2. The first kappa shape index (κ1) is 11.0. The van der Waals surface area contributed by atoms with Gasteiger partial charge in [0.25, 0.3) is 0 Å². The van der Waals surface area contributed by atoms with Crippen molar-refractivity contribution in [3.63, 3.8) is 0 Å². The van der Waals surface area contributed by atoms with Crippen molar-refractivity contribution in [1.82, 2.24) is 15.2 Å². The highest BCUT2D eigenvalue weighted by Gasteiger charge is 2.10. The first-order valence-electron chi connectivity index (χ1n) is 5.27. The minimum Gasteiger partial charge on any atom is -0.261 e. The third-order valence-corrected chi connectivity index (χ3v) is 2.90. The molecular formula is C13H7ClFN3. The lowest BCUT2D eigenvalue weighted by Gasteiger charge is -2.05. The molecule has 18 heavy (non-hydrogen) atoms. The zero-order valence-electron chi connectivity index (χ0n) is 9.14. The highest BCUT2D eigenvalue weighted by Crippen LogP contribution is 2.29. The van der Waals surface area contributed by atoms with Crippen LogP contribution >= 0.6 is 11.6 Å². The van der Waals surface area contributed by atoms with Crippen molar-refractivity contribution in [3.8, 4) is 11.3 Å². The van der Waals surface area contributed by atoms with Crippen molar-refractivity contribution in [2.45, 2.75) is 0 Å². The number of aromatic nitrogens is 3. The number of nitrogens with zero attached hydrogens (tertiary/aromatic N) is 3. The van der Waals surface area contributed by atoms with Crippen LogP contribution in [0.3, 0.4) is 0 Å². The molecule has 0 bridgehead atoms. The van der Waals surface area contributed by atoms with Gasteiger partial charge in [0.1, 0.15) is 11.5 Å². The number of rotatable bonds is 1. The fraction of sp³-hybridized carbons (Fsp3) is 0. The Balaban J connectivity index is 2.33. The summed E-state index contributed by atoms with van der Waals surface area (Å²) in [7, 11) is 0. The van der Waals surface area contributed by atoms with Gasteiger partial charge < -0.3 is 0 Å². The van der Waals surface area contributed by atoms with Crippen LogP contribution in [-0.4, -0.2) is 15.2 Å². The Bertz CT molecular complexity index is 730. The lowest BCUT2D eigenvalue weighted by atomic mass is 10.1. The van der Waals surface area contributed by atoms with Gasteiger partial charge in [-0.2, -0.15) is 0 Å². The zero-order valence-corrected chi connectivity index (χ0v) is 9.89. The summed E-state index contributed by atoms with van der Waals surface area (Å²) in [5, 5.41) is 9.85. The Morgan fingerprint density at radius 1 is 1.00 bits per heavy atom. The van der Waals surface area contributed by atoms with Gasteiger partial charge in [0.15, 0.2) is 5.15 Å². The molecule has 1 aromatic carbocycles. The molecular weight excluding hydrogens is 253 g/mol. The van der Waals surface area contributed by atoms with Crippen LogP contribution in [0.1, 0.15) is 0 Å². The molecule has 2 aromatic heterocycles. The van der Waals surface area contributed by atoms with Gasteiger partial charge in [-0.3, -0.25) is 4.98 Å². The molecule has 2 heterocycles. The van der Waals surface area contributed by atoms with E-state index in [1.54, 1.807) is 6.20 Å². The van der Waals surface area contributed by atoms with Gasteiger partial charge in [-0.05, 0) is 6.07 Å². The molecule has 5 heteroatoms. The monoisotopic (exact) mass is 259 g/mol. The summed E-state index contributed by atoms with van der Waals surface area (Å²) in [6, 6.07) is 8.83. The summed E-state index contributed by atoms with van der Waals surface area (Å²) < 4.78 is 13.2. The largest absolute Gasteiger partial charge is 0.261 e. The number of fused-ring (bicyclic) bond motifs is 1. The molecule has 0 saturated carbocycles. The molecule has 0 radical (unpaired) electrons. The molecule has 0 saturated heterocycles. The van der Waals surface area contributed by atoms with Crippen molar-refractivity contribution in [1.29, 1.82) is 0 Å². The lowest BCUT2D eigenvalue weighted by molar-refractivity contribution is 0.622. The van der Waals surface area contributed by atoms with E-state index in [-0.39, 0.29) is 0 Å². The predicted octanol–water partition coefficient (Wildman–Crippen LogP) is 3.48. The van der Waals surface area contributed by atoms with Gasteiger partial charge >= 0.3 is 0 Å². The van der Waals surface area contributed by atoms with Gasteiger partial charge in [-0.25, -0.2) is 4.39 Å². The van der Waals surface area contributed by atoms with E-state index in [4.69, 9.17) is 11.6 Å². The molecule has 0 amide bonds. The standard InChI is InChI=1S/C13H7ClFN3/c14-13-11-4-2-1-3-10(11)12(17-18-13)8-5-9(15)7-16-6-8/h1-7H. The van der Waals surface area contributed by atoms with Gasteiger partial charge in [0.05, 0.1) is 6.20 Å². The zero-order chi connectivity index (χ0) is 12.5. The normalized spacial score (nSPS) is 10.8. The minimum atomic E-state index is -0.409. The van der Waals surface area contributed by atoms with Crippen LogP contribution in [0, 0.1) is 5.82 Å². The van der Waals surface area contributed by atoms with Crippen LogP contribution in [0.2, 0.25) is 5.15 Å². The van der Waals surface area contributed by atoms with E-state index >= 15 is 0 Å². The number of halogens is 2. The van der Waals surface area contributed by atoms with Gasteiger partial charge in [-0.1, -0.05) is 35.9 Å². The second-order valence-electron chi connectivity index (χ2n) is 3.78. The fourth-order valence-electron chi connectivity index (χ4n) is 1.83. The van der Waals surface area contributed by atoms with E-state index < -0.39 is 5.82 Å². The molecule has 0 aliphatic carbocycles. The summed E-state index contributed by atoms with van der Waals surface area (Å²) >= 11 is 5.98. The Labute approximate surface area is 107 Å². The van der Waals surface area contributed by atoms with Crippen LogP contribution in [0.5, 0.6) is 0 Å². The summed E-state index contributed by atoms with van der Waals surface area (Å²) in [4.78, 5) is 3.81. The van der Waals surface area contributed by atoms with Crippen molar-refractivity contribution in [3.05, 3.63) is 53.7 Å². The molecule has 0 atom stereocenters. The maximum absolute atomic E-state index is 13.2. The molecule has 3 rings (SSSR count). The molecule has 0 aliphatic heterocycles. The average Bonchev–Trinajstić information content (AvgIpc) is 2.39. The first-order chi connectivity index (χ1) is 8.75. The topological polar surface area (TPSA) is 38.7 Å². The summed E-state index contributed by atoms with van der Waals surface area (Å²) in [5.41, 5.74) is 1.15. The smallest absolute Gasteiger partial charge is 0.159 e. The Morgan fingerprint density at radius 3 is 2.56 bits per heavy atom. The van der Waals surface area contributed by atoms with Crippen LogP contribution in [0.25, 0.3) is 22.0 Å². The molecule has 0 fully saturated rings. The predicted molar refractivity (Wildman–Crippen MR) is 67.7 cm³/mol. The van der Waals surface area contributed by atoms with Gasteiger partial charge in [-0.15, -0.1) is 10.2 Å². The van der Waals surface area contributed by atoms with Crippen molar-refractivity contribution < 1.29 is 4.39 Å². The van der Waals surface area contributed by atoms with E-state index in [1.807, 2.05) is 24.3 Å². The third-order valence-electron chi connectivity index (χ3n) is 2.62. The average molecular weight is 260 g/mol. The second-order valence-corrected chi connectivity index (χ2v) is 4.13. The highest BCUT2D eigenvalue weighted by atomic mass is 35.5. The van der Waals surface area contributed by atoms with Crippen LogP contribution in [0.15, 0.2) is 42.7 Å². The summed E-state index contributed by atoms with van der Waals surface area (Å²) in [5.74, 6) is -0.409. The first-order valence-corrected chi connectivity index (χ1v) is 5.65.